The predicted octanol–water partition coefficient (Wildman–Crippen LogP) is 2.19. The maximum Gasteiger partial charge on any atom is 0.274 e. The van der Waals surface area contributed by atoms with Gasteiger partial charge in [-0.3, -0.25) is 14.9 Å². The molecule has 0 radical (unpaired) electrons. The van der Waals surface area contributed by atoms with Crippen LogP contribution in [0.4, 0.5) is 0 Å². The molecule has 0 bridgehead atoms. The molecule has 1 aromatic carbocycles. The zero-order valence-electron chi connectivity index (χ0n) is 12.3. The number of benzene rings is 1. The summed E-state index contributed by atoms with van der Waals surface area (Å²) in [7, 11) is 0. The van der Waals surface area contributed by atoms with E-state index in [-0.39, 0.29) is 0 Å². The number of nitrogens with zero attached hydrogens (tertiary/aromatic N) is 1. The zero-order valence-corrected chi connectivity index (χ0v) is 12.3. The van der Waals surface area contributed by atoms with Gasteiger partial charge in [-0.2, -0.15) is 0 Å². The van der Waals surface area contributed by atoms with Gasteiger partial charge >= 0.3 is 0 Å². The van der Waals surface area contributed by atoms with Crippen molar-refractivity contribution in [2.75, 3.05) is 13.2 Å². The fourth-order valence-corrected chi connectivity index (χ4v) is 2.97. The van der Waals surface area contributed by atoms with Crippen molar-refractivity contribution in [3.8, 4) is 5.75 Å². The molecule has 0 spiro atoms. The lowest BCUT2D eigenvalue weighted by Gasteiger charge is -2.34. The van der Waals surface area contributed by atoms with Gasteiger partial charge in [0.15, 0.2) is 0 Å². The van der Waals surface area contributed by atoms with Crippen LogP contribution in [-0.4, -0.2) is 35.2 Å². The van der Waals surface area contributed by atoms with Crippen LogP contribution in [0.15, 0.2) is 18.2 Å². The lowest BCUT2D eigenvalue weighted by atomic mass is 9.85. The number of nitrogens with one attached hydrogen (secondary N) is 1. The van der Waals surface area contributed by atoms with Crippen molar-refractivity contribution in [3.63, 3.8) is 0 Å². The monoisotopic (exact) mass is 290 g/mol. The fraction of sp³-hybridized carbons (Fsp3) is 0.562. The molecule has 114 valence electrons. The van der Waals surface area contributed by atoms with Crippen LogP contribution in [0.25, 0.3) is 0 Å². The van der Waals surface area contributed by atoms with Gasteiger partial charge in [-0.05, 0) is 37.8 Å². The Labute approximate surface area is 124 Å². The highest BCUT2D eigenvalue weighted by molar-refractivity contribution is 5.93. The normalized spacial score (nSPS) is 22.7. The molecule has 1 aliphatic carbocycles. The molecule has 1 fully saturated rings. The Morgan fingerprint density at radius 2 is 2.29 bits per heavy atom. The minimum absolute atomic E-state index is 0.369. The van der Waals surface area contributed by atoms with Crippen molar-refractivity contribution in [3.05, 3.63) is 29.3 Å². The fourth-order valence-electron chi connectivity index (χ4n) is 2.97. The van der Waals surface area contributed by atoms with Crippen molar-refractivity contribution in [2.24, 2.45) is 5.92 Å². The van der Waals surface area contributed by atoms with Crippen molar-refractivity contribution in [1.82, 2.24) is 10.4 Å². The Hall–Kier alpha value is -1.59. The molecule has 1 heterocycles. The van der Waals surface area contributed by atoms with Crippen LogP contribution in [0.1, 0.15) is 42.1 Å². The second-order valence-corrected chi connectivity index (χ2v) is 6.15. The molecule has 1 atom stereocenters. The van der Waals surface area contributed by atoms with Gasteiger partial charge < -0.3 is 4.74 Å². The zero-order chi connectivity index (χ0) is 14.8. The lowest BCUT2D eigenvalue weighted by molar-refractivity contribution is 0.0706. The van der Waals surface area contributed by atoms with Crippen LogP contribution >= 0.6 is 0 Å². The smallest absolute Gasteiger partial charge is 0.274 e. The highest BCUT2D eigenvalue weighted by atomic mass is 16.5. The van der Waals surface area contributed by atoms with Crippen LogP contribution in [0.5, 0.6) is 5.75 Å². The summed E-state index contributed by atoms with van der Waals surface area (Å²) in [6.07, 6.45) is 4.04. The minimum Gasteiger partial charge on any atom is -0.492 e. The van der Waals surface area contributed by atoms with Gasteiger partial charge in [0.05, 0.1) is 0 Å². The third-order valence-electron chi connectivity index (χ3n) is 4.63. The van der Waals surface area contributed by atoms with Gasteiger partial charge in [0, 0.05) is 30.3 Å². The van der Waals surface area contributed by atoms with E-state index in [0.29, 0.717) is 18.2 Å². The average molecular weight is 290 g/mol. The van der Waals surface area contributed by atoms with Crippen LogP contribution in [0.3, 0.4) is 0 Å². The number of fused-ring (bicyclic) bond motifs is 1. The summed E-state index contributed by atoms with van der Waals surface area (Å²) in [5.41, 5.74) is 3.18. The first kappa shape index (κ1) is 14.4. The van der Waals surface area contributed by atoms with E-state index in [2.05, 4.69) is 11.8 Å². The maximum atomic E-state index is 11.5. The molecule has 1 saturated carbocycles. The molecular weight excluding hydrogens is 268 g/mol. The third kappa shape index (κ3) is 3.04. The number of ether oxygens (including phenoxy) is 1. The first-order valence-corrected chi connectivity index (χ1v) is 7.61. The van der Waals surface area contributed by atoms with E-state index < -0.39 is 5.91 Å². The van der Waals surface area contributed by atoms with Gasteiger partial charge in [0.25, 0.3) is 5.91 Å². The Kier molecular flexibility index (Phi) is 4.12. The standard InChI is InChI=1S/C16H22N2O3/c1-11-10-21-15-7-13(16(19)17-20)5-6-14(15)9-18(11)8-12-3-2-4-12/h5-7,11-12,20H,2-4,8-10H2,1H3,(H,17,19)/t11-/m0/s1. The van der Waals surface area contributed by atoms with Gasteiger partial charge in [0.2, 0.25) is 0 Å². The molecule has 3 rings (SSSR count). The van der Waals surface area contributed by atoms with Crippen LogP contribution in [-0.2, 0) is 6.54 Å². The molecule has 21 heavy (non-hydrogen) atoms. The Morgan fingerprint density at radius 3 is 2.95 bits per heavy atom. The topological polar surface area (TPSA) is 61.8 Å². The van der Waals surface area contributed by atoms with E-state index in [9.17, 15) is 4.79 Å². The SMILES string of the molecule is C[C@H]1COc2cc(C(=O)NO)ccc2CN1CC1CCC1. The van der Waals surface area contributed by atoms with Crippen LogP contribution < -0.4 is 10.2 Å². The first-order valence-electron chi connectivity index (χ1n) is 7.61. The summed E-state index contributed by atoms with van der Waals surface area (Å²) in [6.45, 7) is 4.80. The number of carbonyl (C=O) groups excluding carboxylic acids is 1. The molecule has 1 amide bonds. The van der Waals surface area contributed by atoms with Gasteiger partial charge in [0.1, 0.15) is 12.4 Å². The number of amides is 1. The summed E-state index contributed by atoms with van der Waals surface area (Å²) in [5.74, 6) is 1.07. The Balaban J connectivity index is 1.78. The molecule has 5 heteroatoms. The predicted molar refractivity (Wildman–Crippen MR) is 78.4 cm³/mol. The summed E-state index contributed by atoms with van der Waals surface area (Å²) in [5, 5.41) is 8.72. The van der Waals surface area contributed by atoms with E-state index in [4.69, 9.17) is 9.94 Å². The van der Waals surface area contributed by atoms with Crippen LogP contribution in [0.2, 0.25) is 0 Å². The van der Waals surface area contributed by atoms with Crippen LogP contribution in [0, 0.1) is 5.92 Å². The number of carbonyl (C=O) groups is 1. The second kappa shape index (κ2) is 6.03. The summed E-state index contributed by atoms with van der Waals surface area (Å²) in [4.78, 5) is 14.0. The Bertz CT molecular complexity index is 528. The van der Waals surface area contributed by atoms with Crippen molar-refractivity contribution in [2.45, 2.75) is 38.8 Å². The van der Waals surface area contributed by atoms with Crippen molar-refractivity contribution >= 4 is 5.91 Å². The minimum atomic E-state index is -0.509. The number of hydroxylamine groups is 1. The highest BCUT2D eigenvalue weighted by Crippen LogP contribution is 2.31. The molecule has 2 aliphatic rings. The first-order chi connectivity index (χ1) is 10.2. The third-order valence-corrected chi connectivity index (χ3v) is 4.63. The molecular formula is C16H22N2O3. The van der Waals surface area contributed by atoms with E-state index in [1.807, 2.05) is 6.07 Å². The van der Waals surface area contributed by atoms with Crippen molar-refractivity contribution in [1.29, 1.82) is 0 Å². The lowest BCUT2D eigenvalue weighted by Crippen LogP contribution is -2.39. The molecule has 1 aromatic rings. The molecule has 5 nitrogen and oxygen atoms in total. The van der Waals surface area contributed by atoms with Gasteiger partial charge in [-0.25, -0.2) is 5.48 Å². The maximum absolute atomic E-state index is 11.5. The van der Waals surface area contributed by atoms with E-state index in [1.54, 1.807) is 17.6 Å². The number of hydrogen-bond donors (Lipinski definition) is 2. The molecule has 0 aromatic heterocycles. The quantitative estimate of drug-likeness (QED) is 0.662. The average Bonchev–Trinajstić information content (AvgIpc) is 2.61. The van der Waals surface area contributed by atoms with Gasteiger partial charge in [-0.1, -0.05) is 12.5 Å². The molecule has 0 unspecified atom stereocenters. The summed E-state index contributed by atoms with van der Waals surface area (Å²) in [6, 6.07) is 5.73. The second-order valence-electron chi connectivity index (χ2n) is 6.15. The largest absolute Gasteiger partial charge is 0.492 e. The van der Waals surface area contributed by atoms with E-state index in [0.717, 1.165) is 30.3 Å². The Morgan fingerprint density at radius 1 is 1.48 bits per heavy atom. The summed E-state index contributed by atoms with van der Waals surface area (Å²) >= 11 is 0. The highest BCUT2D eigenvalue weighted by Gasteiger charge is 2.27. The molecule has 1 aliphatic heterocycles. The number of rotatable bonds is 3. The van der Waals surface area contributed by atoms with Gasteiger partial charge in [-0.15, -0.1) is 0 Å². The van der Waals surface area contributed by atoms with Crippen molar-refractivity contribution < 1.29 is 14.7 Å². The molecule has 2 N–H and O–H groups in total. The van der Waals surface area contributed by atoms with E-state index >= 15 is 0 Å². The number of hydrogen-bond acceptors (Lipinski definition) is 4. The van der Waals surface area contributed by atoms with E-state index in [1.165, 1.54) is 19.3 Å². The summed E-state index contributed by atoms with van der Waals surface area (Å²) < 4.78 is 5.86. The molecule has 0 saturated heterocycles.